The maximum atomic E-state index is 13.9. The summed E-state index contributed by atoms with van der Waals surface area (Å²) in [4.78, 5) is 56.3. The first-order chi connectivity index (χ1) is 18.4. The molecule has 3 rings (SSSR count). The van der Waals surface area contributed by atoms with E-state index in [1.165, 1.54) is 0 Å². The normalized spacial score (nSPS) is 18.2. The van der Waals surface area contributed by atoms with Crippen molar-refractivity contribution in [3.63, 3.8) is 0 Å². The van der Waals surface area contributed by atoms with Crippen molar-refractivity contribution in [3.05, 3.63) is 47.3 Å². The first-order valence-corrected chi connectivity index (χ1v) is 12.2. The lowest BCUT2D eigenvalue weighted by Crippen LogP contribution is -2.46. The Balaban J connectivity index is 0.000000580. The summed E-state index contributed by atoms with van der Waals surface area (Å²) in [7, 11) is 0. The third-order valence-corrected chi connectivity index (χ3v) is 6.36. The molecule has 2 heterocycles. The minimum Gasteiger partial charge on any atom is -0.478 e. The minimum atomic E-state index is -1.26. The number of nitrogens with two attached hydrogens (primary N) is 1. The molecule has 0 saturated carbocycles. The fourth-order valence-corrected chi connectivity index (χ4v) is 4.25. The molecule has 214 valence electrons. The number of benzene rings is 1. The van der Waals surface area contributed by atoms with Gasteiger partial charge in [-0.3, -0.25) is 14.4 Å². The van der Waals surface area contributed by atoms with Crippen LogP contribution in [0.1, 0.15) is 37.7 Å². The Morgan fingerprint density at radius 1 is 1.03 bits per heavy atom. The molecule has 11 nitrogen and oxygen atoms in total. The van der Waals surface area contributed by atoms with Crippen LogP contribution in [-0.2, 0) is 30.4 Å². The van der Waals surface area contributed by atoms with Crippen molar-refractivity contribution >= 4 is 29.7 Å². The summed E-state index contributed by atoms with van der Waals surface area (Å²) in [5, 5.41) is 20.9. The molecule has 2 fully saturated rings. The summed E-state index contributed by atoms with van der Waals surface area (Å²) >= 11 is 0. The largest absolute Gasteiger partial charge is 0.478 e. The van der Waals surface area contributed by atoms with Crippen molar-refractivity contribution in [1.29, 1.82) is 0 Å². The van der Waals surface area contributed by atoms with E-state index in [4.69, 9.17) is 15.9 Å². The van der Waals surface area contributed by atoms with Gasteiger partial charge in [0, 0.05) is 56.7 Å². The summed E-state index contributed by atoms with van der Waals surface area (Å²) in [5.74, 6) is -6.16. The number of hydrogen-bond acceptors (Lipinski definition) is 6. The van der Waals surface area contributed by atoms with Crippen LogP contribution in [-0.4, -0.2) is 76.5 Å². The number of piperidine rings is 1. The molecule has 3 amide bonds. The maximum Gasteiger partial charge on any atom is 0.328 e. The van der Waals surface area contributed by atoms with Gasteiger partial charge in [-0.15, -0.1) is 0 Å². The number of halogens is 3. The van der Waals surface area contributed by atoms with E-state index >= 15 is 0 Å². The van der Waals surface area contributed by atoms with Gasteiger partial charge in [0.1, 0.15) is 11.9 Å². The van der Waals surface area contributed by atoms with Crippen LogP contribution in [0.15, 0.2) is 24.3 Å². The number of carbonyl (C=O) groups is 5. The third-order valence-electron chi connectivity index (χ3n) is 6.36. The summed E-state index contributed by atoms with van der Waals surface area (Å²) in [6.07, 6.45) is 3.40. The van der Waals surface area contributed by atoms with Gasteiger partial charge < -0.3 is 31.5 Å². The van der Waals surface area contributed by atoms with Crippen LogP contribution in [0.3, 0.4) is 0 Å². The highest BCUT2D eigenvalue weighted by Crippen LogP contribution is 2.24. The van der Waals surface area contributed by atoms with E-state index in [1.807, 2.05) is 0 Å². The number of carboxylic acids is 2. The van der Waals surface area contributed by atoms with Gasteiger partial charge >= 0.3 is 11.9 Å². The van der Waals surface area contributed by atoms with Crippen LogP contribution in [0.5, 0.6) is 0 Å². The fourth-order valence-electron chi connectivity index (χ4n) is 4.25. The number of carboxylic acid groups (broad SMARTS) is 2. The molecule has 39 heavy (non-hydrogen) atoms. The van der Waals surface area contributed by atoms with E-state index in [0.29, 0.717) is 57.0 Å². The molecular weight excluding hydrogens is 525 g/mol. The number of likely N-dealkylation sites (tertiary alicyclic amines) is 1. The van der Waals surface area contributed by atoms with Crippen LogP contribution in [0.25, 0.3) is 0 Å². The lowest BCUT2D eigenvalue weighted by Gasteiger charge is -2.35. The summed E-state index contributed by atoms with van der Waals surface area (Å²) in [6, 6.07) is 0.406. The van der Waals surface area contributed by atoms with Crippen molar-refractivity contribution in [2.24, 2.45) is 11.7 Å². The van der Waals surface area contributed by atoms with Gasteiger partial charge in [0.15, 0.2) is 11.6 Å². The first-order valence-electron chi connectivity index (χ1n) is 12.2. The second kappa shape index (κ2) is 14.9. The SMILES string of the molecule is N[C@H](Cc1cc(F)c(F)cc1F)C1CCN(C(=O)CCNC(=O)C2CCC(=O)N2)CC1.O=C(O)/C=C\C(=O)O. The summed E-state index contributed by atoms with van der Waals surface area (Å²) in [6.45, 7) is 1.17. The number of hydrogen-bond donors (Lipinski definition) is 5. The highest BCUT2D eigenvalue weighted by Gasteiger charge is 2.29. The zero-order valence-corrected chi connectivity index (χ0v) is 21.0. The molecule has 14 heteroatoms. The predicted molar refractivity (Wildman–Crippen MR) is 131 cm³/mol. The fraction of sp³-hybridized carbons (Fsp3) is 0.480. The van der Waals surface area contributed by atoms with Crippen molar-refractivity contribution < 1.29 is 47.4 Å². The summed E-state index contributed by atoms with van der Waals surface area (Å²) in [5.41, 5.74) is 6.22. The molecule has 2 aliphatic rings. The molecule has 2 atom stereocenters. The quantitative estimate of drug-likeness (QED) is 0.218. The Morgan fingerprint density at radius 3 is 2.15 bits per heavy atom. The van der Waals surface area contributed by atoms with Crippen molar-refractivity contribution in [3.8, 4) is 0 Å². The van der Waals surface area contributed by atoms with E-state index in [9.17, 15) is 37.1 Å². The van der Waals surface area contributed by atoms with Crippen LogP contribution >= 0.6 is 0 Å². The van der Waals surface area contributed by atoms with Crippen LogP contribution in [0, 0.1) is 23.4 Å². The Hall–Kier alpha value is -3.94. The molecule has 1 aromatic rings. The number of nitrogens with zero attached hydrogens (tertiary/aromatic N) is 1. The maximum absolute atomic E-state index is 13.9. The van der Waals surface area contributed by atoms with Gasteiger partial charge in [0.2, 0.25) is 17.7 Å². The van der Waals surface area contributed by atoms with Crippen molar-refractivity contribution in [2.75, 3.05) is 19.6 Å². The summed E-state index contributed by atoms with van der Waals surface area (Å²) < 4.78 is 40.3. The molecule has 6 N–H and O–H groups in total. The molecule has 0 radical (unpaired) electrons. The molecule has 0 aliphatic carbocycles. The average molecular weight is 557 g/mol. The van der Waals surface area contributed by atoms with Gasteiger partial charge in [-0.1, -0.05) is 0 Å². The lowest BCUT2D eigenvalue weighted by atomic mass is 9.86. The molecule has 0 aromatic heterocycles. The molecule has 0 bridgehead atoms. The molecule has 0 spiro atoms. The highest BCUT2D eigenvalue weighted by molar-refractivity contribution is 5.91. The number of nitrogens with one attached hydrogen (secondary N) is 2. The molecule has 2 saturated heterocycles. The van der Waals surface area contributed by atoms with Gasteiger partial charge in [0.05, 0.1) is 0 Å². The van der Waals surface area contributed by atoms with Crippen LogP contribution in [0.4, 0.5) is 13.2 Å². The smallest absolute Gasteiger partial charge is 0.328 e. The van der Waals surface area contributed by atoms with Crippen LogP contribution < -0.4 is 16.4 Å². The topological polar surface area (TPSA) is 179 Å². The standard InChI is InChI=1S/C21H27F3N4O3.C4H4O4/c22-14-11-16(24)15(23)9-13(14)10-17(25)12-4-7-28(8-5-12)20(30)3-6-26-21(31)18-1-2-19(29)27-18;5-3(6)1-2-4(7)8/h9,11-12,17-18H,1-8,10,25H2,(H,26,31)(H,27,29);1-2H,(H,5,6)(H,7,8)/b;2-1-/t17-,18?;/m1./s1. The zero-order valence-electron chi connectivity index (χ0n) is 21.0. The number of carbonyl (C=O) groups excluding carboxylic acids is 3. The lowest BCUT2D eigenvalue weighted by molar-refractivity contribution is -0.134. The molecule has 2 aliphatic heterocycles. The Bertz CT molecular complexity index is 1090. The van der Waals surface area contributed by atoms with E-state index in [2.05, 4.69) is 10.6 Å². The molecule has 1 aromatic carbocycles. The highest BCUT2D eigenvalue weighted by atomic mass is 19.2. The minimum absolute atomic E-state index is 0.0299. The number of aliphatic carboxylic acids is 2. The Morgan fingerprint density at radius 2 is 1.62 bits per heavy atom. The van der Waals surface area contributed by atoms with E-state index in [1.54, 1.807) is 4.90 Å². The first kappa shape index (κ1) is 31.3. The Labute approximate surface area is 222 Å². The monoisotopic (exact) mass is 556 g/mol. The third kappa shape index (κ3) is 10.4. The predicted octanol–water partition coefficient (Wildman–Crippen LogP) is 0.709. The second-order valence-corrected chi connectivity index (χ2v) is 9.15. The van der Waals surface area contributed by atoms with Crippen LogP contribution in [0.2, 0.25) is 0 Å². The number of rotatable bonds is 9. The van der Waals surface area contributed by atoms with Gasteiger partial charge in [-0.2, -0.15) is 0 Å². The van der Waals surface area contributed by atoms with E-state index in [-0.39, 0.29) is 48.6 Å². The van der Waals surface area contributed by atoms with Gasteiger partial charge in [-0.25, -0.2) is 22.8 Å². The Kier molecular flexibility index (Phi) is 11.9. The van der Waals surface area contributed by atoms with Crippen molar-refractivity contribution in [1.82, 2.24) is 15.5 Å². The average Bonchev–Trinajstić information content (AvgIpc) is 3.32. The van der Waals surface area contributed by atoms with Crippen molar-refractivity contribution in [2.45, 2.75) is 50.6 Å². The molecule has 1 unspecified atom stereocenters. The zero-order chi connectivity index (χ0) is 29.1. The van der Waals surface area contributed by atoms with Gasteiger partial charge in [-0.05, 0) is 43.2 Å². The van der Waals surface area contributed by atoms with E-state index in [0.717, 1.165) is 6.07 Å². The molecular formula is C25H31F3N4O7. The number of amides is 3. The second-order valence-electron chi connectivity index (χ2n) is 9.15. The van der Waals surface area contributed by atoms with Gasteiger partial charge in [0.25, 0.3) is 0 Å². The van der Waals surface area contributed by atoms with E-state index < -0.39 is 41.5 Å².